The molecule has 0 aromatic carbocycles. The Morgan fingerprint density at radius 2 is 1.89 bits per heavy atom. The molecule has 0 amide bonds. The highest BCUT2D eigenvalue weighted by atomic mass is 16.3. The summed E-state index contributed by atoms with van der Waals surface area (Å²) in [6.07, 6.45) is 9.29. The van der Waals surface area contributed by atoms with E-state index in [0.717, 1.165) is 35.8 Å². The summed E-state index contributed by atoms with van der Waals surface area (Å²) in [6.45, 7) is 0.0280. The number of aromatic nitrogens is 3. The molecule has 1 aromatic rings. The van der Waals surface area contributed by atoms with Crippen LogP contribution in [0.2, 0.25) is 0 Å². The maximum absolute atomic E-state index is 9.35. The molecule has 3 unspecified atom stereocenters. The molecule has 0 saturated heterocycles. The molecule has 4 heteroatoms. The fraction of sp³-hybridized carbons (Fsp3) is 0.857. The van der Waals surface area contributed by atoms with Gasteiger partial charge in [0.25, 0.3) is 0 Å². The van der Waals surface area contributed by atoms with Crippen LogP contribution in [-0.2, 0) is 13.0 Å². The minimum atomic E-state index is 0.0280. The van der Waals surface area contributed by atoms with Crippen LogP contribution in [0.25, 0.3) is 0 Å². The number of aliphatic hydroxyl groups excluding tert-OH is 1. The number of hydrogen-bond acceptors (Lipinski definition) is 3. The van der Waals surface area contributed by atoms with E-state index in [0.29, 0.717) is 6.04 Å². The van der Waals surface area contributed by atoms with Gasteiger partial charge in [-0.15, -0.1) is 10.2 Å². The van der Waals surface area contributed by atoms with Gasteiger partial charge in [-0.05, 0) is 49.9 Å². The fourth-order valence-electron chi connectivity index (χ4n) is 4.22. The topological polar surface area (TPSA) is 50.9 Å². The van der Waals surface area contributed by atoms with Gasteiger partial charge in [-0.2, -0.15) is 0 Å². The van der Waals surface area contributed by atoms with Crippen molar-refractivity contribution < 1.29 is 5.11 Å². The summed E-state index contributed by atoms with van der Waals surface area (Å²) in [5, 5.41) is 17.9. The van der Waals surface area contributed by atoms with Gasteiger partial charge in [0.1, 0.15) is 12.4 Å². The number of aliphatic hydroxyl groups is 1. The van der Waals surface area contributed by atoms with Crippen molar-refractivity contribution in [2.24, 2.45) is 17.8 Å². The molecular weight excluding hydrogens is 226 g/mol. The third-order valence-electron chi connectivity index (χ3n) is 5.22. The van der Waals surface area contributed by atoms with E-state index in [9.17, 15) is 5.11 Å². The minimum absolute atomic E-state index is 0.0280. The highest BCUT2D eigenvalue weighted by molar-refractivity contribution is 5.05. The van der Waals surface area contributed by atoms with E-state index >= 15 is 0 Å². The van der Waals surface area contributed by atoms with E-state index in [1.54, 1.807) is 0 Å². The lowest BCUT2D eigenvalue weighted by Crippen LogP contribution is -2.16. The van der Waals surface area contributed by atoms with Gasteiger partial charge in [-0.1, -0.05) is 6.42 Å². The molecule has 3 fully saturated rings. The first kappa shape index (κ1) is 11.0. The van der Waals surface area contributed by atoms with Gasteiger partial charge >= 0.3 is 0 Å². The zero-order valence-corrected chi connectivity index (χ0v) is 10.8. The second-order valence-corrected chi connectivity index (χ2v) is 6.43. The molecule has 0 spiro atoms. The molecule has 1 heterocycles. The number of rotatable bonds is 4. The molecule has 3 aliphatic carbocycles. The molecule has 0 radical (unpaired) electrons. The highest BCUT2D eigenvalue weighted by Gasteiger charge is 2.40. The van der Waals surface area contributed by atoms with Crippen LogP contribution >= 0.6 is 0 Å². The van der Waals surface area contributed by atoms with Gasteiger partial charge in [0, 0.05) is 12.5 Å². The normalized spacial score (nSPS) is 34.4. The minimum Gasteiger partial charge on any atom is -0.388 e. The van der Waals surface area contributed by atoms with E-state index in [4.69, 9.17) is 0 Å². The van der Waals surface area contributed by atoms with E-state index in [-0.39, 0.29) is 6.61 Å². The summed E-state index contributed by atoms with van der Waals surface area (Å²) in [6, 6.07) is 0.579. The van der Waals surface area contributed by atoms with Crippen LogP contribution in [0.1, 0.15) is 56.2 Å². The van der Waals surface area contributed by atoms with Crippen molar-refractivity contribution in [2.45, 2.75) is 57.6 Å². The Morgan fingerprint density at radius 1 is 1.06 bits per heavy atom. The maximum Gasteiger partial charge on any atom is 0.159 e. The molecule has 1 N–H and O–H groups in total. The lowest BCUT2D eigenvalue weighted by Gasteiger charge is -2.21. The Balaban J connectivity index is 1.56. The molecule has 1 aromatic heterocycles. The predicted molar refractivity (Wildman–Crippen MR) is 66.9 cm³/mol. The maximum atomic E-state index is 9.35. The average molecular weight is 247 g/mol. The first-order valence-electron chi connectivity index (χ1n) is 7.38. The monoisotopic (exact) mass is 247 g/mol. The van der Waals surface area contributed by atoms with Crippen LogP contribution in [0.5, 0.6) is 0 Å². The van der Waals surface area contributed by atoms with Gasteiger partial charge in [-0.25, -0.2) is 0 Å². The Hall–Kier alpha value is -0.900. The summed E-state index contributed by atoms with van der Waals surface area (Å²) < 4.78 is 2.23. The molecule has 3 saturated carbocycles. The van der Waals surface area contributed by atoms with Crippen LogP contribution in [-0.4, -0.2) is 19.9 Å². The van der Waals surface area contributed by atoms with Gasteiger partial charge in [0.05, 0.1) is 0 Å². The first-order valence-corrected chi connectivity index (χ1v) is 7.38. The Kier molecular flexibility index (Phi) is 2.47. The van der Waals surface area contributed by atoms with Crippen molar-refractivity contribution in [3.05, 3.63) is 11.6 Å². The van der Waals surface area contributed by atoms with Crippen LogP contribution < -0.4 is 0 Å². The predicted octanol–water partition coefficient (Wildman–Crippen LogP) is 2.08. The van der Waals surface area contributed by atoms with E-state index < -0.39 is 0 Å². The molecule has 0 aliphatic heterocycles. The third-order valence-corrected chi connectivity index (χ3v) is 5.22. The zero-order chi connectivity index (χ0) is 12.1. The smallest absolute Gasteiger partial charge is 0.159 e. The van der Waals surface area contributed by atoms with Gasteiger partial charge in [-0.3, -0.25) is 0 Å². The van der Waals surface area contributed by atoms with Gasteiger partial charge in [0.15, 0.2) is 5.82 Å². The van der Waals surface area contributed by atoms with E-state index in [2.05, 4.69) is 14.8 Å². The molecule has 3 atom stereocenters. The number of hydrogen-bond donors (Lipinski definition) is 1. The van der Waals surface area contributed by atoms with Crippen molar-refractivity contribution in [2.75, 3.05) is 0 Å². The first-order chi connectivity index (χ1) is 8.85. The lowest BCUT2D eigenvalue weighted by atomic mass is 9.86. The van der Waals surface area contributed by atoms with Crippen LogP contribution in [0.15, 0.2) is 0 Å². The van der Waals surface area contributed by atoms with Crippen molar-refractivity contribution in [3.63, 3.8) is 0 Å². The Labute approximate surface area is 107 Å². The van der Waals surface area contributed by atoms with Gasteiger partial charge < -0.3 is 9.67 Å². The molecule has 18 heavy (non-hydrogen) atoms. The summed E-state index contributed by atoms with van der Waals surface area (Å²) in [7, 11) is 0. The largest absolute Gasteiger partial charge is 0.388 e. The van der Waals surface area contributed by atoms with E-state index in [1.165, 1.54) is 38.5 Å². The average Bonchev–Trinajstić information content (AvgIpc) is 2.85. The quantitative estimate of drug-likeness (QED) is 0.886. The second kappa shape index (κ2) is 4.05. The molecular formula is C14H21N3O. The molecule has 98 valence electrons. The van der Waals surface area contributed by atoms with Crippen molar-refractivity contribution >= 4 is 0 Å². The standard InChI is InChI=1S/C14H21N3O/c18-8-14-16-15-13(17(14)12-3-4-12)7-11-6-9-1-2-10(11)5-9/h9-12,18H,1-8H2. The highest BCUT2D eigenvalue weighted by Crippen LogP contribution is 2.49. The van der Waals surface area contributed by atoms with Crippen molar-refractivity contribution in [1.29, 1.82) is 0 Å². The van der Waals surface area contributed by atoms with Crippen LogP contribution in [0.3, 0.4) is 0 Å². The van der Waals surface area contributed by atoms with Crippen LogP contribution in [0, 0.1) is 17.8 Å². The second-order valence-electron chi connectivity index (χ2n) is 6.43. The Morgan fingerprint density at radius 3 is 2.50 bits per heavy atom. The SMILES string of the molecule is OCc1nnc(CC2CC3CCC2C3)n1C1CC1. The summed E-state index contributed by atoms with van der Waals surface area (Å²) in [5.74, 6) is 4.68. The third kappa shape index (κ3) is 1.69. The number of fused-ring (bicyclic) bond motifs is 2. The summed E-state index contributed by atoms with van der Waals surface area (Å²) in [4.78, 5) is 0. The molecule has 3 aliphatic rings. The van der Waals surface area contributed by atoms with Gasteiger partial charge in [0.2, 0.25) is 0 Å². The molecule has 2 bridgehead atoms. The van der Waals surface area contributed by atoms with E-state index in [1.807, 2.05) is 0 Å². The van der Waals surface area contributed by atoms with Crippen molar-refractivity contribution in [1.82, 2.24) is 14.8 Å². The summed E-state index contributed by atoms with van der Waals surface area (Å²) >= 11 is 0. The Bertz CT molecular complexity index is 452. The summed E-state index contributed by atoms with van der Waals surface area (Å²) in [5.41, 5.74) is 0. The van der Waals surface area contributed by atoms with Crippen LogP contribution in [0.4, 0.5) is 0 Å². The molecule has 4 rings (SSSR count). The fourth-order valence-corrected chi connectivity index (χ4v) is 4.22. The zero-order valence-electron chi connectivity index (χ0n) is 10.8. The number of nitrogens with zero attached hydrogens (tertiary/aromatic N) is 3. The lowest BCUT2D eigenvalue weighted by molar-refractivity contribution is 0.263. The molecule has 4 nitrogen and oxygen atoms in total. The van der Waals surface area contributed by atoms with Crippen molar-refractivity contribution in [3.8, 4) is 0 Å².